The number of hydrogen-bond acceptors (Lipinski definition) is 7. The smallest absolute Gasteiger partial charge is 0.258 e. The van der Waals surface area contributed by atoms with E-state index in [1.165, 1.54) is 28.7 Å². The summed E-state index contributed by atoms with van der Waals surface area (Å²) in [4.78, 5) is 17.5. The Morgan fingerprint density at radius 3 is 2.97 bits per heavy atom. The lowest BCUT2D eigenvalue weighted by Gasteiger charge is -2.18. The predicted molar refractivity (Wildman–Crippen MR) is 124 cm³/mol. The van der Waals surface area contributed by atoms with Gasteiger partial charge in [0, 0.05) is 29.9 Å². The molecule has 0 spiro atoms. The Morgan fingerprint density at radius 1 is 1.32 bits per heavy atom. The minimum Gasteiger partial charge on any atom is -0.482 e. The van der Waals surface area contributed by atoms with Crippen molar-refractivity contribution in [2.45, 2.75) is 44.3 Å². The van der Waals surface area contributed by atoms with Crippen LogP contribution in [0.3, 0.4) is 0 Å². The molecule has 9 heteroatoms. The van der Waals surface area contributed by atoms with E-state index in [1.807, 2.05) is 42.0 Å². The standard InChI is InChI=1S/C22H23N5O2S2/c1-5-9-27-20(16(4)29-18-8-6-7-14(2)15(18)3)24-25-22(27)31-13-17-12-19(28)26-10-11-30-21(26)23-17/h5-8,10-12,16H,1,9,13H2,2-4H3. The van der Waals surface area contributed by atoms with Crippen LogP contribution in [-0.2, 0) is 12.3 Å². The molecule has 1 unspecified atom stereocenters. The second-order valence-corrected chi connectivity index (χ2v) is 8.94. The van der Waals surface area contributed by atoms with Gasteiger partial charge in [0.25, 0.3) is 5.56 Å². The highest BCUT2D eigenvalue weighted by Gasteiger charge is 2.20. The van der Waals surface area contributed by atoms with Gasteiger partial charge in [-0.25, -0.2) is 4.98 Å². The van der Waals surface area contributed by atoms with Crippen molar-refractivity contribution in [3.63, 3.8) is 0 Å². The summed E-state index contributed by atoms with van der Waals surface area (Å²) in [6.07, 6.45) is 3.26. The van der Waals surface area contributed by atoms with Crippen LogP contribution in [0.15, 0.2) is 58.4 Å². The summed E-state index contributed by atoms with van der Waals surface area (Å²) in [5.41, 5.74) is 2.93. The fraction of sp³-hybridized carbons (Fsp3) is 0.273. The second-order valence-electron chi connectivity index (χ2n) is 7.13. The van der Waals surface area contributed by atoms with Crippen LogP contribution in [0.25, 0.3) is 4.96 Å². The van der Waals surface area contributed by atoms with Gasteiger partial charge in [-0.15, -0.1) is 28.1 Å². The molecule has 3 aromatic heterocycles. The molecule has 31 heavy (non-hydrogen) atoms. The van der Waals surface area contributed by atoms with E-state index in [2.05, 4.69) is 34.8 Å². The van der Waals surface area contributed by atoms with E-state index >= 15 is 0 Å². The second kappa shape index (κ2) is 9.07. The summed E-state index contributed by atoms with van der Waals surface area (Å²) in [6.45, 7) is 10.5. The predicted octanol–water partition coefficient (Wildman–Crippen LogP) is 4.58. The van der Waals surface area contributed by atoms with Crippen LogP contribution in [0.1, 0.15) is 35.7 Å². The van der Waals surface area contributed by atoms with Gasteiger partial charge in [-0.1, -0.05) is 30.0 Å². The van der Waals surface area contributed by atoms with E-state index in [0.29, 0.717) is 23.0 Å². The molecule has 1 atom stereocenters. The van der Waals surface area contributed by atoms with Gasteiger partial charge in [-0.3, -0.25) is 13.8 Å². The fourth-order valence-electron chi connectivity index (χ4n) is 3.20. The summed E-state index contributed by atoms with van der Waals surface area (Å²) < 4.78 is 9.74. The quantitative estimate of drug-likeness (QED) is 0.287. The molecule has 4 rings (SSSR count). The number of benzene rings is 1. The summed E-state index contributed by atoms with van der Waals surface area (Å²) in [5, 5.41) is 11.3. The topological polar surface area (TPSA) is 74.3 Å². The number of allylic oxidation sites excluding steroid dienone is 1. The third-order valence-electron chi connectivity index (χ3n) is 4.98. The van der Waals surface area contributed by atoms with E-state index in [4.69, 9.17) is 4.74 Å². The summed E-state index contributed by atoms with van der Waals surface area (Å²) in [5.74, 6) is 2.08. The molecule has 160 valence electrons. The molecule has 0 saturated carbocycles. The lowest BCUT2D eigenvalue weighted by Crippen LogP contribution is -2.13. The van der Waals surface area contributed by atoms with Gasteiger partial charge < -0.3 is 4.74 Å². The fourth-order valence-corrected chi connectivity index (χ4v) is 4.79. The largest absolute Gasteiger partial charge is 0.482 e. The molecule has 0 bridgehead atoms. The molecule has 0 aliphatic carbocycles. The van der Waals surface area contributed by atoms with Gasteiger partial charge in [0.15, 0.2) is 22.0 Å². The Labute approximate surface area is 188 Å². The number of aromatic nitrogens is 5. The van der Waals surface area contributed by atoms with Crippen molar-refractivity contribution in [3.8, 4) is 5.75 Å². The highest BCUT2D eigenvalue weighted by atomic mass is 32.2. The Hall–Kier alpha value is -2.91. The third-order valence-corrected chi connectivity index (χ3v) is 6.74. The van der Waals surface area contributed by atoms with Crippen LogP contribution in [0, 0.1) is 13.8 Å². The number of fused-ring (bicyclic) bond motifs is 1. The lowest BCUT2D eigenvalue weighted by molar-refractivity contribution is 0.209. The molecule has 0 radical (unpaired) electrons. The first-order chi connectivity index (χ1) is 15.0. The molecular formula is C22H23N5O2S2. The summed E-state index contributed by atoms with van der Waals surface area (Å²) in [7, 11) is 0. The van der Waals surface area contributed by atoms with Crippen LogP contribution in [0.5, 0.6) is 5.75 Å². The lowest BCUT2D eigenvalue weighted by atomic mass is 10.1. The molecule has 0 fully saturated rings. The van der Waals surface area contributed by atoms with E-state index in [1.54, 1.807) is 16.7 Å². The molecule has 0 amide bonds. The van der Waals surface area contributed by atoms with Gasteiger partial charge in [0.1, 0.15) is 5.75 Å². The monoisotopic (exact) mass is 453 g/mol. The molecule has 7 nitrogen and oxygen atoms in total. The highest BCUT2D eigenvalue weighted by molar-refractivity contribution is 7.98. The van der Waals surface area contributed by atoms with E-state index in [0.717, 1.165) is 22.3 Å². The van der Waals surface area contributed by atoms with Crippen molar-refractivity contribution >= 4 is 28.1 Å². The van der Waals surface area contributed by atoms with E-state index in [-0.39, 0.29) is 11.7 Å². The molecule has 0 N–H and O–H groups in total. The van der Waals surface area contributed by atoms with Crippen molar-refractivity contribution in [2.75, 3.05) is 0 Å². The minimum absolute atomic E-state index is 0.0781. The number of ether oxygens (including phenoxy) is 1. The Bertz CT molecular complexity index is 1290. The molecule has 3 heterocycles. The number of aryl methyl sites for hydroxylation is 1. The zero-order valence-electron chi connectivity index (χ0n) is 17.6. The first kappa shape index (κ1) is 21.3. The van der Waals surface area contributed by atoms with Crippen molar-refractivity contribution in [1.29, 1.82) is 0 Å². The van der Waals surface area contributed by atoms with Gasteiger partial charge in [-0.05, 0) is 38.0 Å². The van der Waals surface area contributed by atoms with Gasteiger partial charge in [-0.2, -0.15) is 0 Å². The van der Waals surface area contributed by atoms with Crippen molar-refractivity contribution in [3.05, 3.63) is 81.5 Å². The number of hydrogen-bond donors (Lipinski definition) is 0. The average Bonchev–Trinajstić information content (AvgIpc) is 3.37. The molecular weight excluding hydrogens is 430 g/mol. The zero-order valence-corrected chi connectivity index (χ0v) is 19.2. The van der Waals surface area contributed by atoms with E-state index < -0.39 is 0 Å². The maximum atomic E-state index is 12.2. The van der Waals surface area contributed by atoms with Crippen LogP contribution < -0.4 is 10.3 Å². The van der Waals surface area contributed by atoms with Crippen LogP contribution in [0.4, 0.5) is 0 Å². The molecule has 0 aliphatic heterocycles. The van der Waals surface area contributed by atoms with Crippen molar-refractivity contribution in [2.24, 2.45) is 0 Å². The van der Waals surface area contributed by atoms with Gasteiger partial charge in [0.05, 0.1) is 5.69 Å². The maximum absolute atomic E-state index is 12.2. The number of thioether (sulfide) groups is 1. The van der Waals surface area contributed by atoms with Crippen LogP contribution in [0.2, 0.25) is 0 Å². The molecule has 0 saturated heterocycles. The van der Waals surface area contributed by atoms with Gasteiger partial charge >= 0.3 is 0 Å². The van der Waals surface area contributed by atoms with Crippen LogP contribution in [-0.4, -0.2) is 24.1 Å². The average molecular weight is 454 g/mol. The Balaban J connectivity index is 1.55. The van der Waals surface area contributed by atoms with E-state index in [9.17, 15) is 4.79 Å². The van der Waals surface area contributed by atoms with Gasteiger partial charge in [0.2, 0.25) is 0 Å². The van der Waals surface area contributed by atoms with Crippen molar-refractivity contribution in [1.82, 2.24) is 24.1 Å². The minimum atomic E-state index is -0.285. The molecule has 1 aromatic carbocycles. The highest BCUT2D eigenvalue weighted by Crippen LogP contribution is 2.28. The number of thiazole rings is 1. The first-order valence-corrected chi connectivity index (χ1v) is 11.7. The molecule has 4 aromatic rings. The molecule has 0 aliphatic rings. The third kappa shape index (κ3) is 4.42. The number of nitrogens with zero attached hydrogens (tertiary/aromatic N) is 5. The first-order valence-electron chi connectivity index (χ1n) is 9.83. The summed E-state index contributed by atoms with van der Waals surface area (Å²) >= 11 is 2.93. The number of rotatable bonds is 8. The maximum Gasteiger partial charge on any atom is 0.258 e. The Morgan fingerprint density at radius 2 is 2.16 bits per heavy atom. The SMILES string of the molecule is C=CCn1c(SCc2cc(=O)n3ccsc3n2)nnc1C(C)Oc1cccc(C)c1C. The summed E-state index contributed by atoms with van der Waals surface area (Å²) in [6, 6.07) is 7.58. The zero-order chi connectivity index (χ0) is 22.0. The van der Waals surface area contributed by atoms with Crippen molar-refractivity contribution < 1.29 is 4.74 Å². The normalized spacial score (nSPS) is 12.2. The Kier molecular flexibility index (Phi) is 6.24. The van der Waals surface area contributed by atoms with Crippen LogP contribution >= 0.6 is 23.1 Å².